The van der Waals surface area contributed by atoms with Gasteiger partial charge in [0.05, 0.1) is 34.4 Å². The molecule has 538 valence electrons. The van der Waals surface area contributed by atoms with E-state index in [1.165, 1.54) is 238 Å². The molecule has 2 atom stereocenters. The molecular weight excluding hydrogens is 1150 g/mol. The lowest BCUT2D eigenvalue weighted by Gasteiger charge is -2.25. The van der Waals surface area contributed by atoms with Crippen LogP contribution in [-0.4, -0.2) is 87.4 Å². The number of hydrogen-bond donors (Lipinski definition) is 1. The highest BCUT2D eigenvalue weighted by atomic mass is 16.7. The molecule has 2 unspecified atom stereocenters. The summed E-state index contributed by atoms with van der Waals surface area (Å²) in [5, 5.41) is 9.77. The smallest absolute Gasteiger partial charge is 0.361 e. The fourth-order valence-corrected chi connectivity index (χ4v) is 11.3. The van der Waals surface area contributed by atoms with Crippen molar-refractivity contribution in [1.82, 2.24) is 0 Å². The Hall–Kier alpha value is -3.79. The predicted octanol–water partition coefficient (Wildman–Crippen LogP) is 25.1. The van der Waals surface area contributed by atoms with Crippen LogP contribution in [0.1, 0.15) is 361 Å². The van der Waals surface area contributed by atoms with Crippen molar-refractivity contribution in [3.8, 4) is 0 Å². The molecule has 0 spiro atoms. The second-order valence-electron chi connectivity index (χ2n) is 27.6. The first-order valence-electron chi connectivity index (χ1n) is 39.4. The van der Waals surface area contributed by atoms with E-state index in [1.54, 1.807) is 0 Å². The van der Waals surface area contributed by atoms with Crippen LogP contribution in [0.15, 0.2) is 97.2 Å². The molecule has 0 aromatic carbocycles. The van der Waals surface area contributed by atoms with Gasteiger partial charge in [-0.3, -0.25) is 9.59 Å². The Kier molecular flexibility index (Phi) is 71.0. The molecule has 0 aliphatic heterocycles. The summed E-state index contributed by atoms with van der Waals surface area (Å²) in [6.45, 7) is 4.79. The number of unbranched alkanes of at least 4 members (excludes halogenated alkanes) is 42. The number of hydrogen-bond acceptors (Lipinski definition) is 7. The number of allylic oxidation sites excluding steroid dienone is 16. The number of ether oxygens (including phenoxy) is 4. The van der Waals surface area contributed by atoms with Gasteiger partial charge in [0.15, 0.2) is 6.10 Å². The first kappa shape index (κ1) is 89.2. The number of quaternary nitrogens is 1. The molecule has 1 N–H and O–H groups in total. The number of esters is 2. The number of nitrogens with zero attached hydrogens (tertiary/aromatic N) is 1. The largest absolute Gasteiger partial charge is 0.477 e. The summed E-state index contributed by atoms with van der Waals surface area (Å²) in [6.07, 6.45) is 99.9. The van der Waals surface area contributed by atoms with Gasteiger partial charge in [0.1, 0.15) is 13.2 Å². The summed E-state index contributed by atoms with van der Waals surface area (Å²) in [4.78, 5) is 37.7. The summed E-state index contributed by atoms with van der Waals surface area (Å²) < 4.78 is 23.0. The van der Waals surface area contributed by atoms with E-state index in [-0.39, 0.29) is 32.2 Å². The first-order chi connectivity index (χ1) is 45.6. The lowest BCUT2D eigenvalue weighted by Crippen LogP contribution is -2.40. The normalized spacial score (nSPS) is 13.2. The molecule has 0 aromatic rings. The molecule has 9 heteroatoms. The molecule has 0 saturated carbocycles. The summed E-state index contributed by atoms with van der Waals surface area (Å²) >= 11 is 0. The SMILES string of the molecule is CC/C=C\C/C=C\C/C=C\C/C=C\C/C=C\C/C=C\CCCCCCCCCCCCC(=O)OC(COC(=O)CCCCCCCCCCCCCCCCCCCCCCCCCCCCC/C=C\C/C=C\CCCCCCC)COC(OCC[N+](C)(C)C)C(=O)O. The maximum Gasteiger partial charge on any atom is 0.361 e. The Balaban J connectivity index is 4.00. The average Bonchev–Trinajstić information content (AvgIpc) is 3.74. The third kappa shape index (κ3) is 75.5. The third-order valence-corrected chi connectivity index (χ3v) is 17.3. The van der Waals surface area contributed by atoms with E-state index in [0.29, 0.717) is 23.9 Å². The molecular formula is C84H150NO8+. The minimum absolute atomic E-state index is 0.184. The van der Waals surface area contributed by atoms with Gasteiger partial charge in [-0.2, -0.15) is 0 Å². The molecule has 0 aliphatic carbocycles. The van der Waals surface area contributed by atoms with Crippen LogP contribution in [0.25, 0.3) is 0 Å². The molecule has 0 bridgehead atoms. The molecule has 0 saturated heterocycles. The van der Waals surface area contributed by atoms with E-state index in [0.717, 1.165) is 89.9 Å². The summed E-state index contributed by atoms with van der Waals surface area (Å²) in [5.74, 6) is -2.00. The highest BCUT2D eigenvalue weighted by molar-refractivity contribution is 5.71. The third-order valence-electron chi connectivity index (χ3n) is 17.3. The number of likely N-dealkylation sites (N-methyl/N-ethyl adjacent to an activating group) is 1. The maximum atomic E-state index is 13.0. The van der Waals surface area contributed by atoms with Gasteiger partial charge < -0.3 is 28.5 Å². The lowest BCUT2D eigenvalue weighted by molar-refractivity contribution is -0.870. The van der Waals surface area contributed by atoms with Crippen LogP contribution >= 0.6 is 0 Å². The Morgan fingerprint density at radius 1 is 0.333 bits per heavy atom. The quantitative estimate of drug-likeness (QED) is 0.0211. The fourth-order valence-electron chi connectivity index (χ4n) is 11.3. The Bertz CT molecular complexity index is 1850. The second kappa shape index (κ2) is 74.0. The standard InChI is InChI=1S/C84H149NO8/c1-6-8-10-12-14-16-18-20-22-24-26-28-30-32-34-36-37-38-39-40-41-42-43-44-45-47-48-50-52-54-56-58-60-62-64-66-68-70-72-74-81(86)91-78-80(79-92-84(83(88)89)90-77-76-85(3,4)5)93-82(87)75-73-71-69-67-65-63-61-59-57-55-53-51-49-46-35-33-31-29-27-25-23-21-19-17-15-13-11-9-7-2/h9,11,15,17-18,20-21,23-24,26-27,29,33,35,49,51,80,84H,6-8,10,12-14,16,19,22,25,28,30-32,34,36-48,50,52-79H2,1-5H3/p+1/b11-9-,17-15-,20-18-,23-21-,26-24-,29-27-,35-33-,51-49-. The Morgan fingerprint density at radius 2 is 0.613 bits per heavy atom. The van der Waals surface area contributed by atoms with Crippen molar-refractivity contribution in [3.05, 3.63) is 97.2 Å². The van der Waals surface area contributed by atoms with Gasteiger partial charge in [0.2, 0.25) is 0 Å². The number of aliphatic carboxylic acids is 1. The number of carbonyl (C=O) groups is 3. The molecule has 0 aromatic heterocycles. The minimum Gasteiger partial charge on any atom is -0.477 e. The van der Waals surface area contributed by atoms with Crippen molar-refractivity contribution in [2.24, 2.45) is 0 Å². The van der Waals surface area contributed by atoms with Crippen molar-refractivity contribution < 1.29 is 42.9 Å². The molecule has 0 amide bonds. The Labute approximate surface area is 575 Å². The van der Waals surface area contributed by atoms with Gasteiger partial charge in [-0.1, -0.05) is 349 Å². The minimum atomic E-state index is -1.52. The molecule has 0 radical (unpaired) electrons. The van der Waals surface area contributed by atoms with Gasteiger partial charge in [0, 0.05) is 12.8 Å². The summed E-state index contributed by atoms with van der Waals surface area (Å²) in [6, 6.07) is 0. The highest BCUT2D eigenvalue weighted by Crippen LogP contribution is 2.19. The Morgan fingerprint density at radius 3 is 0.914 bits per heavy atom. The number of carboxylic acid groups (broad SMARTS) is 1. The zero-order valence-corrected chi connectivity index (χ0v) is 61.7. The van der Waals surface area contributed by atoms with Crippen molar-refractivity contribution in [3.63, 3.8) is 0 Å². The predicted molar refractivity (Wildman–Crippen MR) is 401 cm³/mol. The van der Waals surface area contributed by atoms with Crippen LogP contribution in [0, 0.1) is 0 Å². The summed E-state index contributed by atoms with van der Waals surface area (Å²) in [5.41, 5.74) is 0. The van der Waals surface area contributed by atoms with Gasteiger partial charge in [-0.25, -0.2) is 4.79 Å². The van der Waals surface area contributed by atoms with Crippen molar-refractivity contribution in [1.29, 1.82) is 0 Å². The monoisotopic (exact) mass is 1300 g/mol. The van der Waals surface area contributed by atoms with E-state index in [9.17, 15) is 19.5 Å². The number of rotatable bonds is 73. The van der Waals surface area contributed by atoms with Crippen LogP contribution in [0.3, 0.4) is 0 Å². The second-order valence-corrected chi connectivity index (χ2v) is 27.6. The van der Waals surface area contributed by atoms with Crippen LogP contribution in [0.5, 0.6) is 0 Å². The van der Waals surface area contributed by atoms with Crippen LogP contribution in [0.4, 0.5) is 0 Å². The highest BCUT2D eigenvalue weighted by Gasteiger charge is 2.25. The van der Waals surface area contributed by atoms with Gasteiger partial charge in [0.25, 0.3) is 6.29 Å². The molecule has 93 heavy (non-hydrogen) atoms. The van der Waals surface area contributed by atoms with E-state index in [1.807, 2.05) is 21.1 Å². The summed E-state index contributed by atoms with van der Waals surface area (Å²) in [7, 11) is 5.98. The first-order valence-corrected chi connectivity index (χ1v) is 39.4. The van der Waals surface area contributed by atoms with Crippen molar-refractivity contribution in [2.45, 2.75) is 373 Å². The fraction of sp³-hybridized carbons (Fsp3) is 0.774. The van der Waals surface area contributed by atoms with E-state index in [4.69, 9.17) is 18.9 Å². The topological polar surface area (TPSA) is 108 Å². The molecule has 0 aliphatic rings. The zero-order valence-electron chi connectivity index (χ0n) is 61.7. The van der Waals surface area contributed by atoms with Crippen LogP contribution < -0.4 is 0 Å². The van der Waals surface area contributed by atoms with Crippen molar-refractivity contribution >= 4 is 17.9 Å². The maximum absolute atomic E-state index is 13.0. The number of carboxylic acids is 1. The zero-order chi connectivity index (χ0) is 67.5. The van der Waals surface area contributed by atoms with Gasteiger partial charge >= 0.3 is 17.9 Å². The lowest BCUT2D eigenvalue weighted by atomic mass is 10.0. The number of carbonyl (C=O) groups excluding carboxylic acids is 2. The van der Waals surface area contributed by atoms with E-state index in [2.05, 4.69) is 111 Å². The average molecular weight is 1300 g/mol. The van der Waals surface area contributed by atoms with E-state index < -0.39 is 24.3 Å². The van der Waals surface area contributed by atoms with Gasteiger partial charge in [-0.15, -0.1) is 0 Å². The van der Waals surface area contributed by atoms with Gasteiger partial charge in [-0.05, 0) is 96.3 Å². The molecule has 0 heterocycles. The molecule has 0 fully saturated rings. The van der Waals surface area contributed by atoms with Crippen LogP contribution in [0.2, 0.25) is 0 Å². The van der Waals surface area contributed by atoms with E-state index >= 15 is 0 Å². The van der Waals surface area contributed by atoms with Crippen LogP contribution in [-0.2, 0) is 33.3 Å². The molecule has 9 nitrogen and oxygen atoms in total. The molecule has 0 rings (SSSR count). The van der Waals surface area contributed by atoms with Crippen molar-refractivity contribution in [2.75, 3.05) is 47.5 Å².